The van der Waals surface area contributed by atoms with E-state index in [1.807, 2.05) is 0 Å². The molecule has 1 unspecified atom stereocenters. The second-order valence-electron chi connectivity index (χ2n) is 6.96. The fraction of sp³-hybridized carbons (Fsp3) is 0.526. The molecule has 1 atom stereocenters. The third kappa shape index (κ3) is 3.48. The molecule has 1 saturated heterocycles. The first kappa shape index (κ1) is 16.1. The van der Waals surface area contributed by atoms with Crippen molar-refractivity contribution < 1.29 is 9.84 Å². The summed E-state index contributed by atoms with van der Waals surface area (Å²) in [5, 5.41) is 13.0. The van der Waals surface area contributed by atoms with Crippen LogP contribution in [-0.4, -0.2) is 36.6 Å². The molecule has 4 nitrogen and oxygen atoms in total. The number of nitrogens with zero attached hydrogens (tertiary/aromatic N) is 2. The van der Waals surface area contributed by atoms with Crippen LogP contribution in [0.15, 0.2) is 29.6 Å². The fourth-order valence-electron chi connectivity index (χ4n) is 3.22. The Morgan fingerprint density at radius 1 is 1.29 bits per heavy atom. The molecule has 24 heavy (non-hydrogen) atoms. The topological polar surface area (TPSA) is 45.6 Å². The highest BCUT2D eigenvalue weighted by atomic mass is 32.1. The summed E-state index contributed by atoms with van der Waals surface area (Å²) in [6.07, 6.45) is 4.60. The standard InChI is InChI=1S/C19H24N2O2S/c1-23-19(22)15-10-21(11-15)17-8-5-14(6-9-17)18-20-16(12-24-18)7-4-13-2-3-13/h5-6,8-9,12-13,15,19,22H,2-4,7,10-11H2,1H3. The van der Waals surface area contributed by atoms with Crippen molar-refractivity contribution in [1.29, 1.82) is 0 Å². The normalized spacial score (nSPS) is 19.3. The number of benzene rings is 1. The van der Waals surface area contributed by atoms with E-state index in [-0.39, 0.29) is 5.92 Å². The number of hydrogen-bond donors (Lipinski definition) is 1. The van der Waals surface area contributed by atoms with E-state index in [1.54, 1.807) is 18.4 Å². The van der Waals surface area contributed by atoms with E-state index in [1.165, 1.54) is 36.2 Å². The van der Waals surface area contributed by atoms with Crippen LogP contribution in [0.1, 0.15) is 25.0 Å². The molecule has 0 amide bonds. The maximum atomic E-state index is 9.66. The Bertz CT molecular complexity index is 675. The van der Waals surface area contributed by atoms with E-state index in [0.29, 0.717) is 0 Å². The van der Waals surface area contributed by atoms with E-state index < -0.39 is 6.29 Å². The third-order valence-electron chi connectivity index (χ3n) is 5.09. The predicted molar refractivity (Wildman–Crippen MR) is 97.3 cm³/mol. The molecule has 2 aromatic rings. The number of aromatic nitrogens is 1. The highest BCUT2D eigenvalue weighted by Crippen LogP contribution is 2.34. The van der Waals surface area contributed by atoms with E-state index in [0.717, 1.165) is 30.4 Å². The Hall–Kier alpha value is -1.43. The minimum Gasteiger partial charge on any atom is -0.370 e. The molecule has 1 N–H and O–H groups in total. The fourth-order valence-corrected chi connectivity index (χ4v) is 4.08. The Labute approximate surface area is 147 Å². The molecule has 1 aromatic heterocycles. The molecular formula is C19H24N2O2S. The average molecular weight is 344 g/mol. The van der Waals surface area contributed by atoms with Crippen LogP contribution in [0, 0.1) is 11.8 Å². The van der Waals surface area contributed by atoms with Crippen LogP contribution in [0.5, 0.6) is 0 Å². The maximum absolute atomic E-state index is 9.66. The number of hydrogen-bond acceptors (Lipinski definition) is 5. The molecule has 2 heterocycles. The Kier molecular flexibility index (Phi) is 4.57. The van der Waals surface area contributed by atoms with Gasteiger partial charge in [0.1, 0.15) is 5.01 Å². The van der Waals surface area contributed by atoms with Gasteiger partial charge in [0.05, 0.1) is 5.69 Å². The number of aryl methyl sites for hydroxylation is 1. The lowest BCUT2D eigenvalue weighted by atomic mass is 9.98. The summed E-state index contributed by atoms with van der Waals surface area (Å²) in [5.41, 5.74) is 3.63. The lowest BCUT2D eigenvalue weighted by Gasteiger charge is -2.42. The average Bonchev–Trinajstić information content (AvgIpc) is 3.28. The second kappa shape index (κ2) is 6.82. The van der Waals surface area contributed by atoms with Crippen LogP contribution in [0.4, 0.5) is 5.69 Å². The van der Waals surface area contributed by atoms with Crippen molar-refractivity contribution in [2.45, 2.75) is 32.0 Å². The van der Waals surface area contributed by atoms with Crippen molar-refractivity contribution >= 4 is 17.0 Å². The molecule has 4 rings (SSSR count). The van der Waals surface area contributed by atoms with Crippen LogP contribution in [0.25, 0.3) is 10.6 Å². The third-order valence-corrected chi connectivity index (χ3v) is 6.03. The zero-order chi connectivity index (χ0) is 16.5. The van der Waals surface area contributed by atoms with Crippen molar-refractivity contribution in [1.82, 2.24) is 4.98 Å². The molecular weight excluding hydrogens is 320 g/mol. The van der Waals surface area contributed by atoms with Gasteiger partial charge in [-0.1, -0.05) is 12.8 Å². The summed E-state index contributed by atoms with van der Waals surface area (Å²) in [6.45, 7) is 1.69. The smallest absolute Gasteiger partial charge is 0.160 e. The molecule has 128 valence electrons. The largest absolute Gasteiger partial charge is 0.370 e. The van der Waals surface area contributed by atoms with Gasteiger partial charge in [0.2, 0.25) is 0 Å². The lowest BCUT2D eigenvalue weighted by molar-refractivity contribution is -0.118. The van der Waals surface area contributed by atoms with Gasteiger partial charge in [-0.25, -0.2) is 4.98 Å². The SMILES string of the molecule is COC(O)C1CN(c2ccc(-c3nc(CCC4CC4)cs3)cc2)C1. The van der Waals surface area contributed by atoms with E-state index in [9.17, 15) is 5.11 Å². The summed E-state index contributed by atoms with van der Waals surface area (Å²) < 4.78 is 4.98. The van der Waals surface area contributed by atoms with Gasteiger partial charge < -0.3 is 14.7 Å². The molecule has 0 radical (unpaired) electrons. The number of methoxy groups -OCH3 is 1. The van der Waals surface area contributed by atoms with E-state index in [4.69, 9.17) is 9.72 Å². The van der Waals surface area contributed by atoms with Crippen LogP contribution in [0.2, 0.25) is 0 Å². The Morgan fingerprint density at radius 2 is 2.04 bits per heavy atom. The van der Waals surface area contributed by atoms with Gasteiger partial charge in [0, 0.05) is 42.7 Å². The monoisotopic (exact) mass is 344 g/mol. The van der Waals surface area contributed by atoms with Crippen LogP contribution >= 0.6 is 11.3 Å². The highest BCUT2D eigenvalue weighted by molar-refractivity contribution is 7.13. The van der Waals surface area contributed by atoms with E-state index >= 15 is 0 Å². The van der Waals surface area contributed by atoms with Crippen molar-refractivity contribution in [2.75, 3.05) is 25.1 Å². The number of ether oxygens (including phenoxy) is 1. The number of rotatable bonds is 7. The molecule has 2 aliphatic rings. The summed E-state index contributed by atoms with van der Waals surface area (Å²) >= 11 is 1.74. The minimum absolute atomic E-state index is 0.211. The van der Waals surface area contributed by atoms with Gasteiger partial charge in [0.15, 0.2) is 6.29 Å². The zero-order valence-electron chi connectivity index (χ0n) is 14.0. The van der Waals surface area contributed by atoms with Crippen LogP contribution < -0.4 is 4.90 Å². The van der Waals surface area contributed by atoms with Crippen molar-refractivity contribution in [3.63, 3.8) is 0 Å². The van der Waals surface area contributed by atoms with Crippen LogP contribution in [0.3, 0.4) is 0 Å². The molecule has 0 spiro atoms. The first-order valence-corrected chi connectivity index (χ1v) is 9.61. The second-order valence-corrected chi connectivity index (χ2v) is 7.82. The summed E-state index contributed by atoms with van der Waals surface area (Å²) in [5.74, 6) is 1.18. The van der Waals surface area contributed by atoms with Gasteiger partial charge in [-0.2, -0.15) is 0 Å². The lowest BCUT2D eigenvalue weighted by Crippen LogP contribution is -2.52. The highest BCUT2D eigenvalue weighted by Gasteiger charge is 2.32. The summed E-state index contributed by atoms with van der Waals surface area (Å²) in [7, 11) is 1.55. The first-order chi connectivity index (χ1) is 11.7. The maximum Gasteiger partial charge on any atom is 0.160 e. The number of aliphatic hydroxyl groups excluding tert-OH is 1. The van der Waals surface area contributed by atoms with Gasteiger partial charge in [0.25, 0.3) is 0 Å². The predicted octanol–water partition coefficient (Wildman–Crippen LogP) is 3.55. The number of thiazole rings is 1. The zero-order valence-corrected chi connectivity index (χ0v) is 14.8. The Balaban J connectivity index is 1.35. The number of aliphatic hydroxyl groups is 1. The molecule has 1 aromatic carbocycles. The molecule has 1 aliphatic carbocycles. The van der Waals surface area contributed by atoms with Crippen molar-refractivity contribution in [2.24, 2.45) is 11.8 Å². The van der Waals surface area contributed by atoms with Gasteiger partial charge >= 0.3 is 0 Å². The molecule has 1 aliphatic heterocycles. The molecule has 1 saturated carbocycles. The van der Waals surface area contributed by atoms with Crippen LogP contribution in [-0.2, 0) is 11.2 Å². The minimum atomic E-state index is -0.648. The number of anilines is 1. The Morgan fingerprint density at radius 3 is 2.71 bits per heavy atom. The molecule has 2 fully saturated rings. The summed E-state index contributed by atoms with van der Waals surface area (Å²) in [6, 6.07) is 8.60. The van der Waals surface area contributed by atoms with Crippen molar-refractivity contribution in [3.8, 4) is 10.6 Å². The van der Waals surface area contributed by atoms with Gasteiger partial charge in [-0.3, -0.25) is 0 Å². The summed E-state index contributed by atoms with van der Waals surface area (Å²) in [4.78, 5) is 7.05. The van der Waals surface area contributed by atoms with Crippen molar-refractivity contribution in [3.05, 3.63) is 35.3 Å². The molecule has 0 bridgehead atoms. The quantitative estimate of drug-likeness (QED) is 0.780. The molecule has 5 heteroatoms. The van der Waals surface area contributed by atoms with E-state index in [2.05, 4.69) is 34.5 Å². The first-order valence-electron chi connectivity index (χ1n) is 8.73. The van der Waals surface area contributed by atoms with Gasteiger partial charge in [-0.05, 0) is 43.0 Å². The van der Waals surface area contributed by atoms with Gasteiger partial charge in [-0.15, -0.1) is 11.3 Å².